The molecule has 0 fully saturated rings. The molecule has 0 saturated carbocycles. The van der Waals surface area contributed by atoms with E-state index in [1.165, 1.54) is 0 Å². The molecule has 0 amide bonds. The van der Waals surface area contributed by atoms with Crippen LogP contribution in [-0.2, 0) is 11.4 Å². The van der Waals surface area contributed by atoms with Gasteiger partial charge in [0.15, 0.2) is 0 Å². The van der Waals surface area contributed by atoms with Gasteiger partial charge in [-0.2, -0.15) is 5.26 Å². The second-order valence-corrected chi connectivity index (χ2v) is 5.22. The quantitative estimate of drug-likeness (QED) is 0.725. The summed E-state index contributed by atoms with van der Waals surface area (Å²) < 4.78 is 2.09. The Morgan fingerprint density at radius 2 is 2.12 bits per heavy atom. The molecule has 2 aromatic rings. The third kappa shape index (κ3) is 1.89. The van der Waals surface area contributed by atoms with Gasteiger partial charge in [0.05, 0.1) is 17.0 Å². The Morgan fingerprint density at radius 3 is 2.65 bits per heavy atom. The van der Waals surface area contributed by atoms with Crippen LogP contribution in [0.3, 0.4) is 0 Å². The average Bonchev–Trinajstić information content (AvgIpc) is 2.66. The fraction of sp³-hybridized carbons (Fsp3) is 0.385. The Bertz CT molecular complexity index is 599. The van der Waals surface area contributed by atoms with Crippen molar-refractivity contribution in [2.75, 3.05) is 0 Å². The summed E-state index contributed by atoms with van der Waals surface area (Å²) in [5, 5.41) is 9.08. The first-order valence-corrected chi connectivity index (χ1v) is 5.99. The molecule has 0 unspecified atom stereocenters. The van der Waals surface area contributed by atoms with Gasteiger partial charge < -0.3 is 4.57 Å². The lowest BCUT2D eigenvalue weighted by atomic mass is 10.1. The van der Waals surface area contributed by atoms with Crippen molar-refractivity contribution >= 4 is 22.6 Å². The number of para-hydroxylation sites is 1. The van der Waals surface area contributed by atoms with E-state index >= 15 is 0 Å². The summed E-state index contributed by atoms with van der Waals surface area (Å²) in [7, 11) is 0. The summed E-state index contributed by atoms with van der Waals surface area (Å²) >= 11 is 5.94. The molecular formula is C13H14ClN3. The molecule has 1 heterocycles. The molecule has 0 aliphatic carbocycles. The van der Waals surface area contributed by atoms with Crippen LogP contribution in [0, 0.1) is 11.3 Å². The van der Waals surface area contributed by atoms with Crippen molar-refractivity contribution < 1.29 is 0 Å². The van der Waals surface area contributed by atoms with Gasteiger partial charge in [0, 0.05) is 5.54 Å². The molecule has 0 atom stereocenters. The van der Waals surface area contributed by atoms with Crippen molar-refractivity contribution in [3.05, 3.63) is 29.6 Å². The third-order valence-electron chi connectivity index (χ3n) is 2.67. The molecule has 0 saturated heterocycles. The lowest BCUT2D eigenvalue weighted by Crippen LogP contribution is -2.23. The first-order valence-electron chi connectivity index (χ1n) is 5.46. The highest BCUT2D eigenvalue weighted by Gasteiger charge is 2.21. The van der Waals surface area contributed by atoms with E-state index in [2.05, 4.69) is 36.4 Å². The SMILES string of the molecule is CC(C)(C)n1c(CCl)nc2c(C#N)cccc21. The number of rotatable bonds is 1. The minimum atomic E-state index is -0.104. The molecule has 0 aliphatic rings. The normalized spacial score (nSPS) is 11.7. The third-order valence-corrected chi connectivity index (χ3v) is 2.90. The van der Waals surface area contributed by atoms with Gasteiger partial charge in [-0.1, -0.05) is 6.07 Å². The molecule has 3 nitrogen and oxygen atoms in total. The van der Waals surface area contributed by atoms with Gasteiger partial charge in [0.2, 0.25) is 0 Å². The number of alkyl halides is 1. The van der Waals surface area contributed by atoms with Crippen LogP contribution in [-0.4, -0.2) is 9.55 Å². The van der Waals surface area contributed by atoms with Gasteiger partial charge in [0.25, 0.3) is 0 Å². The summed E-state index contributed by atoms with van der Waals surface area (Å²) in [6, 6.07) is 7.80. The number of nitrogens with zero attached hydrogens (tertiary/aromatic N) is 3. The summed E-state index contributed by atoms with van der Waals surface area (Å²) in [6.45, 7) is 6.30. The summed E-state index contributed by atoms with van der Waals surface area (Å²) in [5.74, 6) is 1.15. The zero-order valence-electron chi connectivity index (χ0n) is 10.2. The van der Waals surface area contributed by atoms with Gasteiger partial charge >= 0.3 is 0 Å². The first kappa shape index (κ1) is 11.9. The van der Waals surface area contributed by atoms with Crippen LogP contribution < -0.4 is 0 Å². The van der Waals surface area contributed by atoms with Crippen molar-refractivity contribution in [2.24, 2.45) is 0 Å². The largest absolute Gasteiger partial charge is 0.322 e. The van der Waals surface area contributed by atoms with Crippen molar-refractivity contribution in [3.63, 3.8) is 0 Å². The van der Waals surface area contributed by atoms with Crippen molar-refractivity contribution in [2.45, 2.75) is 32.2 Å². The minimum Gasteiger partial charge on any atom is -0.322 e. The molecule has 17 heavy (non-hydrogen) atoms. The maximum absolute atomic E-state index is 9.08. The van der Waals surface area contributed by atoms with Crippen LogP contribution in [0.5, 0.6) is 0 Å². The monoisotopic (exact) mass is 247 g/mol. The number of hydrogen-bond acceptors (Lipinski definition) is 2. The molecule has 4 heteroatoms. The second kappa shape index (κ2) is 4.05. The van der Waals surface area contributed by atoms with Crippen LogP contribution in [0.2, 0.25) is 0 Å². The predicted octanol–water partition coefficient (Wildman–Crippen LogP) is 3.40. The van der Waals surface area contributed by atoms with E-state index in [0.717, 1.165) is 16.9 Å². The number of hydrogen-bond donors (Lipinski definition) is 0. The number of fused-ring (bicyclic) bond motifs is 1. The Kier molecular flexibility index (Phi) is 2.84. The molecule has 0 aliphatic heterocycles. The fourth-order valence-electron chi connectivity index (χ4n) is 2.08. The molecule has 0 radical (unpaired) electrons. The van der Waals surface area contributed by atoms with Crippen LogP contribution in [0.15, 0.2) is 18.2 Å². The zero-order valence-corrected chi connectivity index (χ0v) is 10.9. The standard InChI is InChI=1S/C13H14ClN3/c1-13(2,3)17-10-6-4-5-9(8-15)12(10)16-11(17)7-14/h4-6H,7H2,1-3H3. The Hall–Kier alpha value is -1.53. The molecule has 1 aromatic heterocycles. The number of nitriles is 1. The van der Waals surface area contributed by atoms with Gasteiger partial charge in [-0.3, -0.25) is 0 Å². The number of halogens is 1. The topological polar surface area (TPSA) is 41.6 Å². The molecular weight excluding hydrogens is 234 g/mol. The van der Waals surface area contributed by atoms with Gasteiger partial charge in [-0.25, -0.2) is 4.98 Å². The maximum atomic E-state index is 9.08. The van der Waals surface area contributed by atoms with Crippen LogP contribution in [0.4, 0.5) is 0 Å². The Balaban J connectivity index is 2.88. The lowest BCUT2D eigenvalue weighted by Gasteiger charge is -2.24. The number of aromatic nitrogens is 2. The van der Waals surface area contributed by atoms with Gasteiger partial charge in [-0.05, 0) is 32.9 Å². The summed E-state index contributed by atoms with van der Waals surface area (Å²) in [4.78, 5) is 4.48. The predicted molar refractivity (Wildman–Crippen MR) is 69.0 cm³/mol. The Labute approximate surface area is 106 Å². The highest BCUT2D eigenvalue weighted by molar-refractivity contribution is 6.16. The smallest absolute Gasteiger partial charge is 0.125 e. The van der Waals surface area contributed by atoms with Gasteiger partial charge in [0.1, 0.15) is 17.4 Å². The van der Waals surface area contributed by atoms with Crippen molar-refractivity contribution in [3.8, 4) is 6.07 Å². The van der Waals surface area contributed by atoms with E-state index in [0.29, 0.717) is 11.4 Å². The number of benzene rings is 1. The van der Waals surface area contributed by atoms with Crippen LogP contribution >= 0.6 is 11.6 Å². The lowest BCUT2D eigenvalue weighted by molar-refractivity contribution is 0.398. The molecule has 88 valence electrons. The molecule has 1 aromatic carbocycles. The van der Waals surface area contributed by atoms with E-state index in [1.54, 1.807) is 6.07 Å². The van der Waals surface area contributed by atoms with Crippen LogP contribution in [0.25, 0.3) is 11.0 Å². The van der Waals surface area contributed by atoms with E-state index < -0.39 is 0 Å². The summed E-state index contributed by atoms with van der Waals surface area (Å²) in [5.41, 5.74) is 2.19. The maximum Gasteiger partial charge on any atom is 0.125 e. The zero-order chi connectivity index (χ0) is 12.6. The molecule has 0 spiro atoms. The minimum absolute atomic E-state index is 0.104. The van der Waals surface area contributed by atoms with E-state index in [1.807, 2.05) is 12.1 Å². The highest BCUT2D eigenvalue weighted by Crippen LogP contribution is 2.27. The van der Waals surface area contributed by atoms with E-state index in [-0.39, 0.29) is 5.54 Å². The summed E-state index contributed by atoms with van der Waals surface area (Å²) in [6.07, 6.45) is 0. The first-order chi connectivity index (χ1) is 7.99. The van der Waals surface area contributed by atoms with E-state index in [4.69, 9.17) is 16.9 Å². The van der Waals surface area contributed by atoms with Crippen molar-refractivity contribution in [1.82, 2.24) is 9.55 Å². The average molecular weight is 248 g/mol. The second-order valence-electron chi connectivity index (χ2n) is 4.95. The highest BCUT2D eigenvalue weighted by atomic mass is 35.5. The van der Waals surface area contributed by atoms with Crippen LogP contribution in [0.1, 0.15) is 32.2 Å². The van der Waals surface area contributed by atoms with Crippen molar-refractivity contribution in [1.29, 1.82) is 5.26 Å². The number of imidazole rings is 1. The fourth-order valence-corrected chi connectivity index (χ4v) is 2.26. The molecule has 2 rings (SSSR count). The molecule has 0 bridgehead atoms. The molecule has 0 N–H and O–H groups in total. The van der Waals surface area contributed by atoms with Gasteiger partial charge in [-0.15, -0.1) is 11.6 Å². The van der Waals surface area contributed by atoms with E-state index in [9.17, 15) is 0 Å². The Morgan fingerprint density at radius 1 is 1.41 bits per heavy atom.